The molecule has 0 bridgehead atoms. The molecule has 0 aromatic rings. The maximum absolute atomic E-state index is 12.6. The summed E-state index contributed by atoms with van der Waals surface area (Å²) in [5, 5.41) is 0. The van der Waals surface area contributed by atoms with Gasteiger partial charge in [-0.1, -0.05) is 92.7 Å². The Hall–Kier alpha value is -0.462. The monoisotopic (exact) mass is 506 g/mol. The molecule has 0 saturated carbocycles. The van der Waals surface area contributed by atoms with Crippen molar-refractivity contribution in [3.05, 3.63) is 42.2 Å². The van der Waals surface area contributed by atoms with Crippen LogP contribution in [0.25, 0.3) is 5.73 Å². The number of hydrogen-bond donors (Lipinski definition) is 0. The van der Waals surface area contributed by atoms with E-state index >= 15 is 0 Å². The van der Waals surface area contributed by atoms with E-state index in [1.807, 2.05) is 46.8 Å². The third kappa shape index (κ3) is 15.1. The second kappa shape index (κ2) is 17.4. The van der Waals surface area contributed by atoms with Crippen molar-refractivity contribution < 1.29 is 25.9 Å². The van der Waals surface area contributed by atoms with Crippen LogP contribution in [0.1, 0.15) is 75.2 Å². The summed E-state index contributed by atoms with van der Waals surface area (Å²) in [5.74, 6) is 0.196. The molecule has 0 aromatic carbocycles. The Kier molecular flexibility index (Phi) is 22.7. The summed E-state index contributed by atoms with van der Waals surface area (Å²) in [5.41, 5.74) is 6.80. The molecule has 3 heteroatoms. The minimum atomic E-state index is -0.339. The van der Waals surface area contributed by atoms with Gasteiger partial charge in [-0.15, -0.1) is 0 Å². The molecule has 0 saturated heterocycles. The van der Waals surface area contributed by atoms with Crippen molar-refractivity contribution in [2.45, 2.75) is 75.2 Å². The second-order valence-corrected chi connectivity index (χ2v) is 6.62. The molecule has 0 aliphatic heterocycles. The third-order valence-electron chi connectivity index (χ3n) is 3.40. The zero-order valence-electron chi connectivity index (χ0n) is 17.5. The van der Waals surface area contributed by atoms with Crippen LogP contribution in [-0.4, -0.2) is 12.3 Å². The first-order valence-electron chi connectivity index (χ1n) is 8.76. The summed E-state index contributed by atoms with van der Waals surface area (Å²) < 4.78 is 0. The van der Waals surface area contributed by atoms with Crippen molar-refractivity contribution in [3.63, 3.8) is 0 Å². The van der Waals surface area contributed by atoms with Gasteiger partial charge in [0.15, 0.2) is 5.78 Å². The molecule has 0 rings (SSSR count). The van der Waals surface area contributed by atoms with Crippen molar-refractivity contribution in [1.82, 2.24) is 0 Å². The van der Waals surface area contributed by atoms with Crippen LogP contribution in [0.2, 0.25) is 0 Å². The number of rotatable bonds is 7. The van der Waals surface area contributed by atoms with E-state index in [2.05, 4.69) is 27.4 Å². The Morgan fingerprint density at radius 1 is 1.12 bits per heavy atom. The summed E-state index contributed by atoms with van der Waals surface area (Å²) in [6.07, 6.45) is 9.20. The van der Waals surface area contributed by atoms with Gasteiger partial charge in [0.05, 0.1) is 0 Å². The molecule has 0 amide bonds. The zero-order valence-corrected chi connectivity index (χ0v) is 20.4. The molecule has 0 heterocycles. The molecular formula is C21H40NOW-. The standard InChI is InChI=1S/C17H28O.C2H6N.C2H6.W/c1-8-11-14(12-9-2)15(18)17(6,7)13-16(4,5)10-3;1-2-3;1-2;/h8-9,11-12H,1,10,13H2,2-7H3;3H,2H2,1H3;1-2H3;/q;-1;;/b12-9-,14-11+;;;. The van der Waals surface area contributed by atoms with Gasteiger partial charge in [0.25, 0.3) is 0 Å². The number of allylic oxidation sites excluding steroid dienone is 5. The van der Waals surface area contributed by atoms with Crippen molar-refractivity contribution in [2.24, 2.45) is 10.8 Å². The van der Waals surface area contributed by atoms with Gasteiger partial charge in [-0.05, 0) is 18.8 Å². The zero-order chi connectivity index (χ0) is 19.1. The Morgan fingerprint density at radius 3 is 1.83 bits per heavy atom. The second-order valence-electron chi connectivity index (χ2n) is 6.62. The topological polar surface area (TPSA) is 40.9 Å². The molecule has 0 aliphatic carbocycles. The molecule has 24 heavy (non-hydrogen) atoms. The fourth-order valence-electron chi connectivity index (χ4n) is 2.31. The van der Waals surface area contributed by atoms with Crippen LogP contribution in [0.15, 0.2) is 36.5 Å². The van der Waals surface area contributed by atoms with Crippen LogP contribution in [0.4, 0.5) is 0 Å². The molecule has 0 radical (unpaired) electrons. The Labute approximate surface area is 166 Å². The van der Waals surface area contributed by atoms with E-state index in [0.29, 0.717) is 6.54 Å². The number of carbonyl (C=O) groups is 1. The van der Waals surface area contributed by atoms with Crippen molar-refractivity contribution in [3.8, 4) is 0 Å². The Morgan fingerprint density at radius 2 is 1.54 bits per heavy atom. The average Bonchev–Trinajstić information content (AvgIpc) is 2.48. The van der Waals surface area contributed by atoms with Crippen molar-refractivity contribution >= 4 is 5.78 Å². The molecule has 2 nitrogen and oxygen atoms in total. The predicted octanol–water partition coefficient (Wildman–Crippen LogP) is 7.18. The summed E-state index contributed by atoms with van der Waals surface area (Å²) in [6, 6.07) is 0. The van der Waals surface area contributed by atoms with E-state index in [1.54, 1.807) is 19.1 Å². The van der Waals surface area contributed by atoms with Gasteiger partial charge < -0.3 is 5.73 Å². The number of Topliss-reactive ketones (excluding diaryl/α,β-unsaturated/α-hetero) is 1. The first-order chi connectivity index (χ1) is 10.6. The van der Waals surface area contributed by atoms with E-state index in [4.69, 9.17) is 5.73 Å². The molecule has 0 aromatic heterocycles. The third-order valence-corrected chi connectivity index (χ3v) is 3.40. The molecule has 0 spiro atoms. The largest absolute Gasteiger partial charge is 0.678 e. The van der Waals surface area contributed by atoms with Gasteiger partial charge in [-0.2, -0.15) is 6.54 Å². The van der Waals surface area contributed by atoms with E-state index in [9.17, 15) is 4.79 Å². The quantitative estimate of drug-likeness (QED) is 0.266. The van der Waals surface area contributed by atoms with E-state index in [1.165, 1.54) is 0 Å². The predicted molar refractivity (Wildman–Crippen MR) is 107 cm³/mol. The minimum Gasteiger partial charge on any atom is -0.678 e. The number of carbonyl (C=O) groups excluding carboxylic acids is 1. The maximum atomic E-state index is 12.6. The maximum Gasteiger partial charge on any atom is 0.168 e. The van der Waals surface area contributed by atoms with Crippen LogP contribution in [-0.2, 0) is 25.9 Å². The molecular weight excluding hydrogens is 466 g/mol. The Balaban J connectivity index is -0.000000297. The molecule has 0 unspecified atom stereocenters. The van der Waals surface area contributed by atoms with Crippen LogP contribution >= 0.6 is 0 Å². The fraction of sp³-hybridized carbons (Fsp3) is 0.667. The number of hydrogen-bond acceptors (Lipinski definition) is 1. The van der Waals surface area contributed by atoms with Crippen molar-refractivity contribution in [2.75, 3.05) is 6.54 Å². The van der Waals surface area contributed by atoms with Gasteiger partial charge in [0.1, 0.15) is 0 Å². The van der Waals surface area contributed by atoms with Gasteiger partial charge >= 0.3 is 0 Å². The van der Waals surface area contributed by atoms with Crippen LogP contribution in [0, 0.1) is 10.8 Å². The summed E-state index contributed by atoms with van der Waals surface area (Å²) in [6.45, 7) is 22.6. The van der Waals surface area contributed by atoms with E-state index in [-0.39, 0.29) is 37.7 Å². The van der Waals surface area contributed by atoms with Crippen molar-refractivity contribution in [1.29, 1.82) is 0 Å². The molecule has 142 valence electrons. The normalized spacial score (nSPS) is 11.5. The van der Waals surface area contributed by atoms with Gasteiger partial charge in [-0.3, -0.25) is 4.79 Å². The van der Waals surface area contributed by atoms with Crippen LogP contribution in [0.3, 0.4) is 0 Å². The first kappa shape index (κ1) is 31.3. The average molecular weight is 506 g/mol. The van der Waals surface area contributed by atoms with Gasteiger partial charge in [-0.25, -0.2) is 0 Å². The van der Waals surface area contributed by atoms with E-state index in [0.717, 1.165) is 18.4 Å². The van der Waals surface area contributed by atoms with E-state index < -0.39 is 0 Å². The van der Waals surface area contributed by atoms with Crippen LogP contribution in [0.5, 0.6) is 0 Å². The minimum absolute atomic E-state index is 0. The number of ketones is 1. The number of nitrogens with one attached hydrogen (secondary N) is 1. The van der Waals surface area contributed by atoms with Crippen LogP contribution < -0.4 is 0 Å². The summed E-state index contributed by atoms with van der Waals surface area (Å²) in [7, 11) is 0. The molecule has 1 N–H and O–H groups in total. The molecule has 0 atom stereocenters. The summed E-state index contributed by atoms with van der Waals surface area (Å²) >= 11 is 0. The Bertz CT molecular complexity index is 379. The molecule has 0 fully saturated rings. The SMILES string of the molecule is C=C/C=C(\C=C/C)C(=O)C(C)(C)CC(C)(C)CC.CC.CC[NH-].[W]. The smallest absolute Gasteiger partial charge is 0.168 e. The van der Waals surface area contributed by atoms with Gasteiger partial charge in [0, 0.05) is 32.1 Å². The first-order valence-corrected chi connectivity index (χ1v) is 8.76. The van der Waals surface area contributed by atoms with Gasteiger partial charge in [0.2, 0.25) is 0 Å². The fourth-order valence-corrected chi connectivity index (χ4v) is 2.31. The summed E-state index contributed by atoms with van der Waals surface area (Å²) in [4.78, 5) is 12.6. The molecule has 0 aliphatic rings.